The van der Waals surface area contributed by atoms with Crippen LogP contribution in [0.25, 0.3) is 10.9 Å². The topological polar surface area (TPSA) is 85.1 Å². The number of pyridine rings is 1. The molecule has 5 nitrogen and oxygen atoms in total. The minimum absolute atomic E-state index is 0.362. The van der Waals surface area contributed by atoms with E-state index in [-0.39, 0.29) is 6.04 Å². The Morgan fingerprint density at radius 3 is 2.60 bits per heavy atom. The summed E-state index contributed by atoms with van der Waals surface area (Å²) in [5.74, 6) is 5.49. The third-order valence-corrected chi connectivity index (χ3v) is 5.22. The van der Waals surface area contributed by atoms with Gasteiger partial charge in [0.1, 0.15) is 0 Å². The second-order valence-corrected chi connectivity index (χ2v) is 7.41. The van der Waals surface area contributed by atoms with Gasteiger partial charge in [-0.3, -0.25) is 16.3 Å². The third kappa shape index (κ3) is 3.33. The highest BCUT2D eigenvalue weighted by Crippen LogP contribution is 2.15. The maximum absolute atomic E-state index is 11.6. The summed E-state index contributed by atoms with van der Waals surface area (Å²) in [6.45, 7) is 1.65. The average molecular weight is 293 g/mol. The Morgan fingerprint density at radius 1 is 1.25 bits per heavy atom. The van der Waals surface area contributed by atoms with Crippen LogP contribution in [-0.2, 0) is 16.3 Å². The van der Waals surface area contributed by atoms with Crippen molar-refractivity contribution < 1.29 is 8.42 Å². The molecule has 6 heteroatoms. The molecular formula is C14H19N3O2S. The number of nitrogens with two attached hydrogens (primary N) is 1. The van der Waals surface area contributed by atoms with E-state index in [1.165, 1.54) is 6.26 Å². The lowest BCUT2D eigenvalue weighted by Crippen LogP contribution is -2.47. The maximum Gasteiger partial charge on any atom is 0.151 e. The summed E-state index contributed by atoms with van der Waals surface area (Å²) in [5.41, 5.74) is 4.30. The zero-order valence-corrected chi connectivity index (χ0v) is 12.4. The van der Waals surface area contributed by atoms with Gasteiger partial charge in [-0.25, -0.2) is 8.42 Å². The molecule has 1 aromatic heterocycles. The van der Waals surface area contributed by atoms with E-state index < -0.39 is 15.1 Å². The SMILES string of the molecule is CC(C(Cc1ccc2ccccc2n1)NN)S(C)(=O)=O. The zero-order chi connectivity index (χ0) is 14.8. The summed E-state index contributed by atoms with van der Waals surface area (Å²) < 4.78 is 23.2. The van der Waals surface area contributed by atoms with Crippen molar-refractivity contribution in [1.82, 2.24) is 10.4 Å². The molecule has 0 amide bonds. The highest BCUT2D eigenvalue weighted by molar-refractivity contribution is 7.91. The van der Waals surface area contributed by atoms with Crippen LogP contribution in [0.15, 0.2) is 36.4 Å². The molecule has 3 N–H and O–H groups in total. The van der Waals surface area contributed by atoms with Gasteiger partial charge in [0.15, 0.2) is 9.84 Å². The number of rotatable bonds is 5. The number of hydrogen-bond acceptors (Lipinski definition) is 5. The van der Waals surface area contributed by atoms with Crippen molar-refractivity contribution in [2.45, 2.75) is 24.6 Å². The molecular weight excluding hydrogens is 274 g/mol. The average Bonchev–Trinajstić information content (AvgIpc) is 2.43. The van der Waals surface area contributed by atoms with E-state index in [2.05, 4.69) is 10.4 Å². The number of para-hydroxylation sites is 1. The number of hydrogen-bond donors (Lipinski definition) is 2. The fourth-order valence-corrected chi connectivity index (χ4v) is 2.88. The fourth-order valence-electron chi connectivity index (χ4n) is 2.11. The molecule has 0 saturated heterocycles. The van der Waals surface area contributed by atoms with Gasteiger partial charge in [0.2, 0.25) is 0 Å². The molecule has 2 atom stereocenters. The Kier molecular flexibility index (Phi) is 4.37. The molecule has 0 spiro atoms. The minimum Gasteiger partial charge on any atom is -0.271 e. The lowest BCUT2D eigenvalue weighted by Gasteiger charge is -2.21. The van der Waals surface area contributed by atoms with Gasteiger partial charge in [-0.2, -0.15) is 0 Å². The first-order valence-electron chi connectivity index (χ1n) is 6.41. The Balaban J connectivity index is 2.25. The van der Waals surface area contributed by atoms with E-state index >= 15 is 0 Å². The Labute approximate surface area is 119 Å². The maximum atomic E-state index is 11.6. The number of aromatic nitrogens is 1. The van der Waals surface area contributed by atoms with Crippen LogP contribution in [0, 0.1) is 0 Å². The van der Waals surface area contributed by atoms with Crippen molar-refractivity contribution in [1.29, 1.82) is 0 Å². The van der Waals surface area contributed by atoms with E-state index in [0.717, 1.165) is 16.6 Å². The Hall–Kier alpha value is -1.50. The number of nitrogens with one attached hydrogen (secondary N) is 1. The second-order valence-electron chi connectivity index (χ2n) is 5.01. The van der Waals surface area contributed by atoms with Gasteiger partial charge in [0, 0.05) is 29.8 Å². The lowest BCUT2D eigenvalue weighted by atomic mass is 10.1. The van der Waals surface area contributed by atoms with Crippen molar-refractivity contribution in [2.75, 3.05) is 6.26 Å². The van der Waals surface area contributed by atoms with Crippen LogP contribution in [0.4, 0.5) is 0 Å². The van der Waals surface area contributed by atoms with Crippen LogP contribution in [0.3, 0.4) is 0 Å². The molecule has 2 aromatic rings. The minimum atomic E-state index is -3.15. The van der Waals surface area contributed by atoms with E-state index in [9.17, 15) is 8.42 Å². The molecule has 0 aliphatic carbocycles. The summed E-state index contributed by atoms with van der Waals surface area (Å²) in [6, 6.07) is 11.3. The molecule has 0 bridgehead atoms. The molecule has 0 aliphatic rings. The number of fused-ring (bicyclic) bond motifs is 1. The summed E-state index contributed by atoms with van der Waals surface area (Å²) in [6.07, 6.45) is 1.69. The third-order valence-electron chi connectivity index (χ3n) is 3.54. The van der Waals surface area contributed by atoms with Crippen LogP contribution >= 0.6 is 0 Å². The van der Waals surface area contributed by atoms with Gasteiger partial charge in [0.05, 0.1) is 10.8 Å². The predicted molar refractivity (Wildman–Crippen MR) is 80.9 cm³/mol. The number of benzene rings is 1. The molecule has 20 heavy (non-hydrogen) atoms. The molecule has 2 unspecified atom stereocenters. The van der Waals surface area contributed by atoms with Gasteiger partial charge in [-0.1, -0.05) is 24.3 Å². The Bertz CT molecular complexity index is 700. The number of sulfone groups is 1. The molecule has 0 aliphatic heterocycles. The van der Waals surface area contributed by atoms with Crippen LogP contribution in [-0.4, -0.2) is 30.9 Å². The summed E-state index contributed by atoms with van der Waals surface area (Å²) in [7, 11) is -3.15. The second kappa shape index (κ2) is 5.87. The molecule has 2 rings (SSSR count). The monoisotopic (exact) mass is 293 g/mol. The van der Waals surface area contributed by atoms with Crippen molar-refractivity contribution in [3.8, 4) is 0 Å². The van der Waals surface area contributed by atoms with Gasteiger partial charge in [-0.05, 0) is 19.1 Å². The lowest BCUT2D eigenvalue weighted by molar-refractivity contribution is 0.491. The zero-order valence-electron chi connectivity index (χ0n) is 11.6. The summed E-state index contributed by atoms with van der Waals surface area (Å²) in [4.78, 5) is 4.54. The largest absolute Gasteiger partial charge is 0.271 e. The normalized spacial score (nSPS) is 15.2. The molecule has 108 valence electrons. The van der Waals surface area contributed by atoms with Gasteiger partial charge < -0.3 is 0 Å². The van der Waals surface area contributed by atoms with E-state index in [0.29, 0.717) is 6.42 Å². The molecule has 0 saturated carbocycles. The smallest absolute Gasteiger partial charge is 0.151 e. The predicted octanol–water partition coefficient (Wildman–Crippen LogP) is 1.04. The van der Waals surface area contributed by atoms with E-state index in [1.54, 1.807) is 6.92 Å². The molecule has 0 fully saturated rings. The van der Waals surface area contributed by atoms with Gasteiger partial charge in [-0.15, -0.1) is 0 Å². The van der Waals surface area contributed by atoms with E-state index in [4.69, 9.17) is 5.84 Å². The van der Waals surface area contributed by atoms with Crippen molar-refractivity contribution in [3.63, 3.8) is 0 Å². The first-order chi connectivity index (χ1) is 9.41. The summed E-state index contributed by atoms with van der Waals surface area (Å²) in [5, 5.41) is 0.491. The van der Waals surface area contributed by atoms with Gasteiger partial charge in [0.25, 0.3) is 0 Å². The van der Waals surface area contributed by atoms with Crippen LogP contribution in [0.2, 0.25) is 0 Å². The number of hydrazine groups is 1. The molecule has 1 heterocycles. The first-order valence-corrected chi connectivity index (χ1v) is 8.37. The molecule has 1 aromatic carbocycles. The molecule has 0 radical (unpaired) electrons. The quantitative estimate of drug-likeness (QED) is 0.635. The highest BCUT2D eigenvalue weighted by atomic mass is 32.2. The standard InChI is InChI=1S/C14H19N3O2S/c1-10(20(2,18)19)14(17-15)9-12-8-7-11-5-3-4-6-13(11)16-12/h3-8,10,14,17H,9,15H2,1-2H3. The van der Waals surface area contributed by atoms with Crippen LogP contribution < -0.4 is 11.3 Å². The van der Waals surface area contributed by atoms with Gasteiger partial charge >= 0.3 is 0 Å². The van der Waals surface area contributed by atoms with Crippen LogP contribution in [0.5, 0.6) is 0 Å². The Morgan fingerprint density at radius 2 is 1.95 bits per heavy atom. The van der Waals surface area contributed by atoms with Crippen molar-refractivity contribution in [3.05, 3.63) is 42.1 Å². The van der Waals surface area contributed by atoms with Crippen LogP contribution in [0.1, 0.15) is 12.6 Å². The number of nitrogens with zero attached hydrogens (tertiary/aromatic N) is 1. The van der Waals surface area contributed by atoms with Crippen molar-refractivity contribution in [2.24, 2.45) is 5.84 Å². The fraction of sp³-hybridized carbons (Fsp3) is 0.357. The van der Waals surface area contributed by atoms with E-state index in [1.807, 2.05) is 36.4 Å². The van der Waals surface area contributed by atoms with Crippen molar-refractivity contribution >= 4 is 20.7 Å². The summed E-state index contributed by atoms with van der Waals surface area (Å²) >= 11 is 0. The highest BCUT2D eigenvalue weighted by Gasteiger charge is 2.25. The first kappa shape index (κ1) is 14.9.